The molecule has 1 aromatic rings. The highest BCUT2D eigenvalue weighted by Gasteiger charge is 2.38. The number of aryl methyl sites for hydroxylation is 1. The van der Waals surface area contributed by atoms with Crippen LogP contribution in [0.2, 0.25) is 5.02 Å². The molecule has 0 fully saturated rings. The second-order valence-electron chi connectivity index (χ2n) is 2.74. The third-order valence-electron chi connectivity index (χ3n) is 1.68. The van der Waals surface area contributed by atoms with Crippen LogP contribution in [0.4, 0.5) is 13.2 Å². The number of carbonyl (C=O) groups excluding carboxylic acids is 1. The normalized spacial score (nSPS) is 11.5. The molecule has 15 heavy (non-hydrogen) atoms. The fourth-order valence-electron chi connectivity index (χ4n) is 0.899. The van der Waals surface area contributed by atoms with Crippen LogP contribution in [0.3, 0.4) is 0 Å². The summed E-state index contributed by atoms with van der Waals surface area (Å²) in [5.74, 6) is -2.00. The average Bonchev–Trinajstić information content (AvgIpc) is 2.41. The van der Waals surface area contributed by atoms with Gasteiger partial charge in [-0.25, -0.2) is 0 Å². The monoisotopic (exact) mass is 241 g/mol. The molecule has 0 unspecified atom stereocenters. The first-order valence-electron chi connectivity index (χ1n) is 3.83. The number of nitrogens with zero attached hydrogens (tertiary/aromatic N) is 2. The molecule has 0 aliphatic carbocycles. The van der Waals surface area contributed by atoms with Crippen LogP contribution in [-0.4, -0.2) is 21.9 Å². The van der Waals surface area contributed by atoms with Crippen molar-refractivity contribution in [2.45, 2.75) is 12.7 Å². The number of hydrogen-bond donors (Lipinski definition) is 1. The average molecular weight is 242 g/mol. The fraction of sp³-hybridized carbons (Fsp3) is 0.429. The maximum atomic E-state index is 11.8. The molecular weight excluding hydrogens is 235 g/mol. The maximum Gasteiger partial charge on any atom is 0.471 e. The Morgan fingerprint density at radius 3 is 2.67 bits per heavy atom. The molecule has 1 rings (SSSR count). The van der Waals surface area contributed by atoms with Gasteiger partial charge in [0.1, 0.15) is 0 Å². The summed E-state index contributed by atoms with van der Waals surface area (Å²) >= 11 is 5.63. The number of carbonyl (C=O) groups is 1. The van der Waals surface area contributed by atoms with E-state index in [-0.39, 0.29) is 11.6 Å². The zero-order valence-corrected chi connectivity index (χ0v) is 8.35. The van der Waals surface area contributed by atoms with Crippen LogP contribution in [0.5, 0.6) is 0 Å². The van der Waals surface area contributed by atoms with Gasteiger partial charge in [-0.05, 0) is 0 Å². The van der Waals surface area contributed by atoms with Gasteiger partial charge in [-0.2, -0.15) is 18.3 Å². The second-order valence-corrected chi connectivity index (χ2v) is 3.15. The molecule has 0 bridgehead atoms. The predicted molar refractivity (Wildman–Crippen MR) is 46.1 cm³/mol. The van der Waals surface area contributed by atoms with E-state index in [9.17, 15) is 18.0 Å². The Morgan fingerprint density at radius 2 is 2.27 bits per heavy atom. The van der Waals surface area contributed by atoms with Gasteiger partial charge in [-0.3, -0.25) is 9.48 Å². The van der Waals surface area contributed by atoms with E-state index in [1.54, 1.807) is 5.32 Å². The Hall–Kier alpha value is -1.24. The van der Waals surface area contributed by atoms with Gasteiger partial charge in [0.05, 0.1) is 23.5 Å². The summed E-state index contributed by atoms with van der Waals surface area (Å²) in [6.45, 7) is -0.312. The third-order valence-corrected chi connectivity index (χ3v) is 2.00. The largest absolute Gasteiger partial charge is 0.471 e. The van der Waals surface area contributed by atoms with Crippen molar-refractivity contribution in [2.24, 2.45) is 7.05 Å². The van der Waals surface area contributed by atoms with Crippen molar-refractivity contribution in [1.29, 1.82) is 0 Å². The minimum absolute atomic E-state index is 0.208. The van der Waals surface area contributed by atoms with E-state index >= 15 is 0 Å². The summed E-state index contributed by atoms with van der Waals surface area (Å²) in [7, 11) is 1.51. The van der Waals surface area contributed by atoms with Gasteiger partial charge in [0.25, 0.3) is 0 Å². The number of halogens is 4. The van der Waals surface area contributed by atoms with E-state index in [0.29, 0.717) is 5.69 Å². The number of alkyl halides is 3. The van der Waals surface area contributed by atoms with Gasteiger partial charge in [0.2, 0.25) is 0 Å². The Bertz CT molecular complexity index is 355. The summed E-state index contributed by atoms with van der Waals surface area (Å²) < 4.78 is 36.7. The first kappa shape index (κ1) is 11.8. The predicted octanol–water partition coefficient (Wildman–Crippen LogP) is 1.25. The minimum atomic E-state index is -4.88. The Kier molecular flexibility index (Phi) is 3.23. The molecule has 0 aliphatic rings. The highest BCUT2D eigenvalue weighted by Crippen LogP contribution is 2.16. The summed E-state index contributed by atoms with van der Waals surface area (Å²) in [6, 6.07) is 0. The van der Waals surface area contributed by atoms with Crippen molar-refractivity contribution in [3.05, 3.63) is 16.9 Å². The lowest BCUT2D eigenvalue weighted by Crippen LogP contribution is -2.36. The van der Waals surface area contributed by atoms with Crippen molar-refractivity contribution in [3.63, 3.8) is 0 Å². The van der Waals surface area contributed by atoms with Crippen molar-refractivity contribution in [2.75, 3.05) is 0 Å². The summed E-state index contributed by atoms with van der Waals surface area (Å²) in [4.78, 5) is 10.5. The standard InChI is InChI=1S/C7H7ClF3N3O/c1-14-5(4(8)2-13-14)3-12-6(15)7(9,10)11/h2H,3H2,1H3,(H,12,15). The lowest BCUT2D eigenvalue weighted by Gasteiger charge is -2.08. The van der Waals surface area contributed by atoms with E-state index in [2.05, 4.69) is 5.10 Å². The molecule has 0 saturated heterocycles. The second kappa shape index (κ2) is 4.09. The van der Waals surface area contributed by atoms with Crippen LogP contribution < -0.4 is 5.32 Å². The van der Waals surface area contributed by atoms with Crippen molar-refractivity contribution >= 4 is 17.5 Å². The molecule has 0 spiro atoms. The molecule has 0 aromatic carbocycles. The Labute approximate surface area is 88.0 Å². The summed E-state index contributed by atoms with van der Waals surface area (Å²) in [6.07, 6.45) is -3.60. The lowest BCUT2D eigenvalue weighted by atomic mass is 10.4. The highest BCUT2D eigenvalue weighted by molar-refractivity contribution is 6.31. The van der Waals surface area contributed by atoms with E-state index in [4.69, 9.17) is 11.6 Å². The van der Waals surface area contributed by atoms with Gasteiger partial charge in [0, 0.05) is 7.05 Å². The van der Waals surface area contributed by atoms with Gasteiger partial charge in [0.15, 0.2) is 0 Å². The topological polar surface area (TPSA) is 46.9 Å². The minimum Gasteiger partial charge on any atom is -0.343 e. The SMILES string of the molecule is Cn1ncc(Cl)c1CNC(=O)C(F)(F)F. The third kappa shape index (κ3) is 2.85. The molecule has 0 radical (unpaired) electrons. The summed E-state index contributed by atoms with van der Waals surface area (Å²) in [5.41, 5.74) is 0.314. The van der Waals surface area contributed by atoms with Gasteiger partial charge >= 0.3 is 12.1 Å². The molecule has 1 heterocycles. The summed E-state index contributed by atoms with van der Waals surface area (Å²) in [5, 5.41) is 5.61. The van der Waals surface area contributed by atoms with Crippen LogP contribution >= 0.6 is 11.6 Å². The number of nitrogens with one attached hydrogen (secondary N) is 1. The van der Waals surface area contributed by atoms with Crippen LogP contribution in [-0.2, 0) is 18.4 Å². The molecule has 1 amide bonds. The van der Waals surface area contributed by atoms with Crippen molar-refractivity contribution in [3.8, 4) is 0 Å². The van der Waals surface area contributed by atoms with Gasteiger partial charge in [-0.1, -0.05) is 11.6 Å². The molecule has 1 aromatic heterocycles. The molecule has 1 N–H and O–H groups in total. The van der Waals surface area contributed by atoms with Crippen LogP contribution in [0.25, 0.3) is 0 Å². The molecule has 4 nitrogen and oxygen atoms in total. The van der Waals surface area contributed by atoms with E-state index in [1.807, 2.05) is 0 Å². The smallest absolute Gasteiger partial charge is 0.343 e. The van der Waals surface area contributed by atoms with Gasteiger partial charge < -0.3 is 5.32 Å². The first-order chi connectivity index (χ1) is 6.82. The molecular formula is C7H7ClF3N3O. The van der Waals surface area contributed by atoms with Crippen molar-refractivity contribution in [1.82, 2.24) is 15.1 Å². The molecule has 0 aliphatic heterocycles. The molecule has 8 heteroatoms. The Morgan fingerprint density at radius 1 is 1.67 bits per heavy atom. The lowest BCUT2D eigenvalue weighted by molar-refractivity contribution is -0.173. The van der Waals surface area contributed by atoms with Crippen LogP contribution in [0, 0.1) is 0 Å². The first-order valence-corrected chi connectivity index (χ1v) is 4.21. The number of hydrogen-bond acceptors (Lipinski definition) is 2. The molecule has 84 valence electrons. The van der Waals surface area contributed by atoms with E-state index in [1.165, 1.54) is 17.9 Å². The Balaban J connectivity index is 2.62. The van der Waals surface area contributed by atoms with E-state index < -0.39 is 12.1 Å². The molecule has 0 saturated carbocycles. The zero-order chi connectivity index (χ0) is 11.6. The quantitative estimate of drug-likeness (QED) is 0.847. The van der Waals surface area contributed by atoms with Crippen LogP contribution in [0.15, 0.2) is 6.20 Å². The zero-order valence-electron chi connectivity index (χ0n) is 7.60. The highest BCUT2D eigenvalue weighted by atomic mass is 35.5. The van der Waals surface area contributed by atoms with Crippen LogP contribution in [0.1, 0.15) is 5.69 Å². The fourth-order valence-corrected chi connectivity index (χ4v) is 1.13. The number of rotatable bonds is 2. The van der Waals surface area contributed by atoms with Gasteiger partial charge in [-0.15, -0.1) is 0 Å². The number of amides is 1. The number of aromatic nitrogens is 2. The molecule has 0 atom stereocenters. The maximum absolute atomic E-state index is 11.8. The van der Waals surface area contributed by atoms with E-state index in [0.717, 1.165) is 0 Å². The van der Waals surface area contributed by atoms with Crippen molar-refractivity contribution < 1.29 is 18.0 Å².